The second-order valence-corrected chi connectivity index (χ2v) is 5.97. The number of nitrogens with zero attached hydrogens (tertiary/aromatic N) is 2. The fourth-order valence-electron chi connectivity index (χ4n) is 0.532. The van der Waals surface area contributed by atoms with Crippen molar-refractivity contribution in [1.82, 2.24) is 7.88 Å². The van der Waals surface area contributed by atoms with Gasteiger partial charge in [-0.25, -0.2) is 0 Å². The van der Waals surface area contributed by atoms with Crippen LogP contribution in [0.5, 0.6) is 0 Å². The van der Waals surface area contributed by atoms with Crippen LogP contribution in [0.1, 0.15) is 13.8 Å². The average Bonchev–Trinajstić information content (AvgIpc) is 2.21. The quantitative estimate of drug-likeness (QED) is 0.503. The lowest BCUT2D eigenvalue weighted by Crippen LogP contribution is -2.21. The highest BCUT2D eigenvalue weighted by Crippen LogP contribution is 2.26. The topological polar surface area (TPSA) is 42.0 Å². The van der Waals surface area contributed by atoms with Gasteiger partial charge in [0.15, 0.2) is 0 Å². The predicted molar refractivity (Wildman–Crippen MR) is 66.9 cm³/mol. The van der Waals surface area contributed by atoms with Gasteiger partial charge in [-0.2, -0.15) is 0 Å². The summed E-state index contributed by atoms with van der Waals surface area (Å²) in [5, 5.41) is 0. The van der Waals surface area contributed by atoms with E-state index < -0.39 is 8.25 Å². The van der Waals surface area contributed by atoms with Crippen LogP contribution in [0.4, 0.5) is 0 Å². The fraction of sp³-hybridized carbons (Fsp3) is 1.00. The lowest BCUT2D eigenvalue weighted by molar-refractivity contribution is 0.188. The molecule has 98 valence electrons. The summed E-state index contributed by atoms with van der Waals surface area (Å²) in [5.74, 6) is 0. The Morgan fingerprint density at radius 1 is 1.00 bits per heavy atom. The van der Waals surface area contributed by atoms with Crippen molar-refractivity contribution >= 4 is 55.4 Å². The maximum Gasteiger partial charge on any atom is 0.319 e. The molecule has 0 aromatic heterocycles. The highest BCUT2D eigenvalue weighted by molar-refractivity contribution is 7.33. The Hall–Kier alpha value is 1.23. The third-order valence-electron chi connectivity index (χ3n) is 1.55. The predicted octanol–water partition coefficient (Wildman–Crippen LogP) is 3.41. The third-order valence-corrected chi connectivity index (χ3v) is 3.69. The van der Waals surface area contributed by atoms with Gasteiger partial charge in [0, 0.05) is 0 Å². The Kier molecular flexibility index (Phi) is 9.91. The number of hydrogen-bond acceptors (Lipinski definition) is 5. The zero-order chi connectivity index (χ0) is 12.7. The lowest BCUT2D eigenvalue weighted by Gasteiger charge is -2.16. The maximum atomic E-state index is 11.2. The van der Waals surface area contributed by atoms with Gasteiger partial charge < -0.3 is 9.05 Å². The van der Waals surface area contributed by atoms with E-state index in [2.05, 4.69) is 0 Å². The van der Waals surface area contributed by atoms with E-state index in [1.165, 1.54) is 0 Å². The Bertz CT molecular complexity index is 202. The normalized spacial score (nSPS) is 17.8. The van der Waals surface area contributed by atoms with Crippen molar-refractivity contribution in [3.05, 3.63) is 0 Å². The van der Waals surface area contributed by atoms with E-state index in [1.54, 1.807) is 13.8 Å². The molecule has 5 nitrogen and oxygen atoms in total. The largest absolute Gasteiger partial charge is 0.319 e. The minimum absolute atomic E-state index is 0.102. The summed E-state index contributed by atoms with van der Waals surface area (Å²) in [6, 6.07) is -0.563. The minimum atomic E-state index is -2.58. The summed E-state index contributed by atoms with van der Waals surface area (Å²) in [5.41, 5.74) is 0. The molecule has 0 aliphatic carbocycles. The Morgan fingerprint density at radius 3 is 1.56 bits per heavy atom. The third kappa shape index (κ3) is 8.34. The molecule has 0 amide bonds. The Labute approximate surface area is 116 Å². The van der Waals surface area contributed by atoms with Crippen LogP contribution in [0.3, 0.4) is 0 Å². The molecular formula is C6H13Cl4N2O3P. The average molecular weight is 334 g/mol. The van der Waals surface area contributed by atoms with E-state index in [0.29, 0.717) is 0 Å². The molecule has 0 aromatic rings. The van der Waals surface area contributed by atoms with Crippen LogP contribution < -0.4 is 0 Å². The first-order valence-electron chi connectivity index (χ1n) is 4.35. The zero-order valence-electron chi connectivity index (χ0n) is 8.70. The molecule has 0 fully saturated rings. The van der Waals surface area contributed by atoms with Crippen molar-refractivity contribution in [2.75, 3.05) is 13.2 Å². The Balaban J connectivity index is 3.67. The van der Waals surface area contributed by atoms with Gasteiger partial charge in [0.2, 0.25) is 0 Å². The lowest BCUT2D eigenvalue weighted by atomic mass is 10.4. The molecule has 0 aliphatic rings. The van der Waals surface area contributed by atoms with Crippen molar-refractivity contribution < 1.29 is 13.6 Å². The van der Waals surface area contributed by atoms with E-state index >= 15 is 0 Å². The van der Waals surface area contributed by atoms with Crippen LogP contribution in [0.25, 0.3) is 0 Å². The van der Waals surface area contributed by atoms with Gasteiger partial charge in [0.1, 0.15) is 0 Å². The molecule has 2 atom stereocenters. The SMILES string of the molecule is CC(CO[PH](=O)OCC(C)N(Cl)Cl)N(Cl)Cl. The van der Waals surface area contributed by atoms with Crippen molar-refractivity contribution in [3.8, 4) is 0 Å². The van der Waals surface area contributed by atoms with Crippen LogP contribution in [0.15, 0.2) is 0 Å². The molecule has 0 rings (SSSR count). The number of halogens is 4. The number of rotatable bonds is 8. The summed E-state index contributed by atoms with van der Waals surface area (Å²) < 4.78 is 22.9. The highest BCUT2D eigenvalue weighted by Gasteiger charge is 2.13. The summed E-state index contributed by atoms with van der Waals surface area (Å²) in [6.45, 7) is 3.61. The molecule has 0 heterocycles. The van der Waals surface area contributed by atoms with Gasteiger partial charge in [-0.15, -0.1) is 7.88 Å². The fourth-order valence-corrected chi connectivity index (χ4v) is 1.59. The van der Waals surface area contributed by atoms with Crippen LogP contribution in [-0.4, -0.2) is 33.2 Å². The monoisotopic (exact) mass is 332 g/mol. The molecule has 0 N–H and O–H groups in total. The van der Waals surface area contributed by atoms with E-state index in [1.807, 2.05) is 0 Å². The molecule has 0 saturated carbocycles. The highest BCUT2D eigenvalue weighted by atomic mass is 35.5. The smallest absolute Gasteiger partial charge is 0.309 e. The van der Waals surface area contributed by atoms with Gasteiger partial charge in [0.05, 0.1) is 25.3 Å². The molecular weight excluding hydrogens is 321 g/mol. The minimum Gasteiger partial charge on any atom is -0.309 e. The van der Waals surface area contributed by atoms with E-state index in [4.69, 9.17) is 56.2 Å². The van der Waals surface area contributed by atoms with Gasteiger partial charge in [-0.1, -0.05) is 0 Å². The first kappa shape index (κ1) is 17.2. The van der Waals surface area contributed by atoms with Crippen LogP contribution >= 0.6 is 55.4 Å². The molecule has 0 aromatic carbocycles. The second kappa shape index (κ2) is 9.20. The molecule has 2 unspecified atom stereocenters. The van der Waals surface area contributed by atoms with E-state index in [0.717, 1.165) is 7.88 Å². The van der Waals surface area contributed by atoms with E-state index in [-0.39, 0.29) is 25.3 Å². The van der Waals surface area contributed by atoms with E-state index in [9.17, 15) is 4.57 Å². The zero-order valence-corrected chi connectivity index (χ0v) is 12.7. The van der Waals surface area contributed by atoms with Gasteiger partial charge >= 0.3 is 8.25 Å². The van der Waals surface area contributed by atoms with Crippen molar-refractivity contribution in [2.45, 2.75) is 25.9 Å². The summed E-state index contributed by atoms with van der Waals surface area (Å²) in [6.07, 6.45) is 0. The second-order valence-electron chi connectivity index (χ2n) is 3.09. The molecule has 10 heteroatoms. The van der Waals surface area contributed by atoms with Gasteiger partial charge in [-0.3, -0.25) is 4.57 Å². The first-order chi connectivity index (χ1) is 7.34. The summed E-state index contributed by atoms with van der Waals surface area (Å²) >= 11 is 21.7. The molecule has 0 saturated heterocycles. The summed E-state index contributed by atoms with van der Waals surface area (Å²) in [4.78, 5) is 0. The molecule has 0 aliphatic heterocycles. The maximum absolute atomic E-state index is 11.2. The van der Waals surface area contributed by atoms with Crippen LogP contribution in [0, 0.1) is 0 Å². The van der Waals surface area contributed by atoms with Crippen molar-refractivity contribution in [1.29, 1.82) is 0 Å². The Morgan fingerprint density at radius 2 is 1.31 bits per heavy atom. The standard InChI is InChI=1S/C6H13Cl4N2O3P/c1-5(11(7)8)3-14-16(13)15-4-6(2)12(9)10/h5-6,16H,3-4H2,1-2H3. The van der Waals surface area contributed by atoms with Crippen molar-refractivity contribution in [3.63, 3.8) is 0 Å². The van der Waals surface area contributed by atoms with Crippen LogP contribution in [0.2, 0.25) is 0 Å². The van der Waals surface area contributed by atoms with Gasteiger partial charge in [-0.05, 0) is 61.0 Å². The number of hydrogen-bond donors (Lipinski definition) is 0. The first-order valence-corrected chi connectivity index (χ1v) is 6.93. The van der Waals surface area contributed by atoms with Crippen molar-refractivity contribution in [2.24, 2.45) is 0 Å². The van der Waals surface area contributed by atoms with Crippen LogP contribution in [-0.2, 0) is 13.6 Å². The molecule has 0 spiro atoms. The summed E-state index contributed by atoms with van der Waals surface area (Å²) in [7, 11) is -2.58. The molecule has 0 radical (unpaired) electrons. The van der Waals surface area contributed by atoms with Gasteiger partial charge in [0.25, 0.3) is 0 Å². The molecule has 0 bridgehead atoms. The molecule has 16 heavy (non-hydrogen) atoms.